The number of thiophene rings is 1. The van der Waals surface area contributed by atoms with E-state index in [0.717, 1.165) is 59.3 Å². The number of fused-ring (bicyclic) bond motifs is 1. The molecule has 208 valence electrons. The van der Waals surface area contributed by atoms with Gasteiger partial charge in [-0.05, 0) is 43.5 Å². The number of aryl methyl sites for hydroxylation is 1. The highest BCUT2D eigenvalue weighted by molar-refractivity contribution is 7.20. The van der Waals surface area contributed by atoms with Gasteiger partial charge in [0, 0.05) is 42.9 Å². The molecule has 1 aliphatic carbocycles. The van der Waals surface area contributed by atoms with Crippen molar-refractivity contribution in [1.82, 2.24) is 14.7 Å². The van der Waals surface area contributed by atoms with Crippen molar-refractivity contribution in [3.05, 3.63) is 58.6 Å². The number of benzene rings is 1. The van der Waals surface area contributed by atoms with Gasteiger partial charge in [-0.1, -0.05) is 31.4 Å². The molecule has 0 spiro atoms. The highest BCUT2D eigenvalue weighted by atomic mass is 32.1. The molecular weight excluding hydrogens is 520 g/mol. The molecule has 1 saturated carbocycles. The minimum Gasteiger partial charge on any atom is -0.478 e. The zero-order chi connectivity index (χ0) is 27.8. The topological polar surface area (TPSA) is 134 Å². The van der Waals surface area contributed by atoms with Crippen LogP contribution in [-0.2, 0) is 20.9 Å². The Labute approximate surface area is 230 Å². The van der Waals surface area contributed by atoms with E-state index in [0.29, 0.717) is 18.2 Å². The molecule has 39 heavy (non-hydrogen) atoms. The fourth-order valence-electron chi connectivity index (χ4n) is 4.80. The van der Waals surface area contributed by atoms with Crippen molar-refractivity contribution in [2.75, 3.05) is 31.6 Å². The Balaban J connectivity index is 0.000000386. The highest BCUT2D eigenvalue weighted by Gasteiger charge is 2.22. The largest absolute Gasteiger partial charge is 0.478 e. The van der Waals surface area contributed by atoms with Crippen LogP contribution in [0, 0.1) is 6.92 Å². The number of aromatic nitrogens is 2. The molecule has 3 heterocycles. The lowest BCUT2D eigenvalue weighted by Gasteiger charge is -2.26. The first kappa shape index (κ1) is 28.5. The number of ether oxygens (including phenoxy) is 1. The summed E-state index contributed by atoms with van der Waals surface area (Å²) < 4.78 is 7.60. The van der Waals surface area contributed by atoms with E-state index in [1.54, 1.807) is 11.3 Å². The van der Waals surface area contributed by atoms with Crippen LogP contribution in [0.25, 0.3) is 10.2 Å². The molecule has 3 N–H and O–H groups in total. The van der Waals surface area contributed by atoms with E-state index < -0.39 is 11.9 Å². The Morgan fingerprint density at radius 2 is 1.69 bits per heavy atom. The molecular formula is C28H34N4O6S. The summed E-state index contributed by atoms with van der Waals surface area (Å²) in [5, 5.41) is 24.6. The maximum Gasteiger partial charge on any atom is 0.328 e. The summed E-state index contributed by atoms with van der Waals surface area (Å²) in [5.74, 6) is -2.56. The fraction of sp³-hybridized carbons (Fsp3) is 0.429. The molecule has 0 radical (unpaired) electrons. The second-order valence-corrected chi connectivity index (χ2v) is 10.7. The molecule has 2 fully saturated rings. The van der Waals surface area contributed by atoms with Crippen molar-refractivity contribution in [2.24, 2.45) is 0 Å². The first-order chi connectivity index (χ1) is 18.8. The lowest BCUT2D eigenvalue weighted by Crippen LogP contribution is -2.35. The normalized spacial score (nSPS) is 16.6. The van der Waals surface area contributed by atoms with Crippen LogP contribution in [0.4, 0.5) is 5.69 Å². The number of carbonyl (C=O) groups is 3. The maximum atomic E-state index is 12.9. The third kappa shape index (κ3) is 7.98. The first-order valence-corrected chi connectivity index (χ1v) is 13.9. The van der Waals surface area contributed by atoms with E-state index in [9.17, 15) is 14.4 Å². The van der Waals surface area contributed by atoms with Crippen LogP contribution < -0.4 is 5.32 Å². The van der Waals surface area contributed by atoms with Crippen LogP contribution in [0.15, 0.2) is 42.5 Å². The zero-order valence-electron chi connectivity index (χ0n) is 22.0. The van der Waals surface area contributed by atoms with Gasteiger partial charge in [0.05, 0.1) is 29.8 Å². The number of rotatable bonds is 7. The molecule has 1 aromatic carbocycles. The molecule has 1 saturated heterocycles. The molecule has 1 aliphatic heterocycles. The van der Waals surface area contributed by atoms with Gasteiger partial charge in [-0.2, -0.15) is 5.10 Å². The van der Waals surface area contributed by atoms with Crippen LogP contribution in [-0.4, -0.2) is 69.0 Å². The number of nitrogens with zero attached hydrogens (tertiary/aromatic N) is 3. The molecule has 10 nitrogen and oxygen atoms in total. The third-order valence-corrected chi connectivity index (χ3v) is 7.93. The smallest absolute Gasteiger partial charge is 0.328 e. The van der Waals surface area contributed by atoms with Crippen LogP contribution in [0.2, 0.25) is 0 Å². The average Bonchev–Trinajstić information content (AvgIpc) is 3.51. The summed E-state index contributed by atoms with van der Waals surface area (Å²) in [6, 6.07) is 10.7. The van der Waals surface area contributed by atoms with Gasteiger partial charge in [0.2, 0.25) is 0 Å². The number of carboxylic acids is 2. The van der Waals surface area contributed by atoms with Gasteiger partial charge in [0.15, 0.2) is 0 Å². The quantitative estimate of drug-likeness (QED) is 0.358. The van der Waals surface area contributed by atoms with E-state index in [2.05, 4.69) is 27.0 Å². The average molecular weight is 555 g/mol. The number of morpholine rings is 1. The van der Waals surface area contributed by atoms with Crippen molar-refractivity contribution < 1.29 is 29.3 Å². The molecule has 3 aromatic rings. The van der Waals surface area contributed by atoms with E-state index >= 15 is 0 Å². The molecule has 5 rings (SSSR count). The second-order valence-electron chi connectivity index (χ2n) is 9.70. The summed E-state index contributed by atoms with van der Waals surface area (Å²) in [6.07, 6.45) is 7.35. The van der Waals surface area contributed by atoms with Gasteiger partial charge in [0.25, 0.3) is 5.91 Å². The number of nitrogens with one attached hydrogen (secondary N) is 1. The molecule has 1 amide bonds. The SMILES string of the molecule is Cc1nn(C2CCCCC2)c2sc(C(=O)Nc3ccc(CN4CCOCC4)cc3)cc12.O=C(O)C=CC(=O)O. The van der Waals surface area contributed by atoms with Gasteiger partial charge in [0.1, 0.15) is 4.83 Å². The van der Waals surface area contributed by atoms with Crippen molar-refractivity contribution in [3.63, 3.8) is 0 Å². The van der Waals surface area contributed by atoms with E-state index in [-0.39, 0.29) is 5.91 Å². The zero-order valence-corrected chi connectivity index (χ0v) is 22.8. The van der Waals surface area contributed by atoms with Crippen molar-refractivity contribution in [1.29, 1.82) is 0 Å². The number of carboxylic acid groups (broad SMARTS) is 2. The Morgan fingerprint density at radius 3 is 2.31 bits per heavy atom. The lowest BCUT2D eigenvalue weighted by molar-refractivity contribution is -0.134. The highest BCUT2D eigenvalue weighted by Crippen LogP contribution is 2.35. The minimum absolute atomic E-state index is 0.0447. The molecule has 0 unspecified atom stereocenters. The van der Waals surface area contributed by atoms with Crippen molar-refractivity contribution in [2.45, 2.75) is 51.6 Å². The van der Waals surface area contributed by atoms with Gasteiger partial charge < -0.3 is 20.3 Å². The maximum absolute atomic E-state index is 12.9. The van der Waals surface area contributed by atoms with Crippen molar-refractivity contribution in [3.8, 4) is 0 Å². The summed E-state index contributed by atoms with van der Waals surface area (Å²) >= 11 is 1.56. The monoisotopic (exact) mass is 554 g/mol. The van der Waals surface area contributed by atoms with E-state index in [4.69, 9.17) is 20.0 Å². The summed E-state index contributed by atoms with van der Waals surface area (Å²) in [7, 11) is 0. The van der Waals surface area contributed by atoms with E-state index in [1.807, 2.05) is 25.1 Å². The number of hydrogen-bond donors (Lipinski definition) is 3. The molecule has 0 bridgehead atoms. The molecule has 11 heteroatoms. The standard InChI is InChI=1S/C24H30N4O2S.C4H4O4/c1-17-21-15-22(31-24(21)28(26-17)20-5-3-2-4-6-20)23(29)25-19-9-7-18(8-10-19)16-27-11-13-30-14-12-27;5-3(6)1-2-4(7)8/h7-10,15,20H,2-6,11-14,16H2,1H3,(H,25,29);1-2H,(H,5,6)(H,7,8). The number of carbonyl (C=O) groups excluding carboxylic acids is 1. The van der Waals surface area contributed by atoms with Gasteiger partial charge in [-0.25, -0.2) is 9.59 Å². The fourth-order valence-corrected chi connectivity index (χ4v) is 5.93. The van der Waals surface area contributed by atoms with Crippen LogP contribution in [0.1, 0.15) is 59.1 Å². The van der Waals surface area contributed by atoms with E-state index in [1.165, 1.54) is 37.7 Å². The summed E-state index contributed by atoms with van der Waals surface area (Å²) in [5.41, 5.74) is 3.10. The van der Waals surface area contributed by atoms with Gasteiger partial charge in [-0.3, -0.25) is 14.4 Å². The predicted molar refractivity (Wildman–Crippen MR) is 149 cm³/mol. The Hall–Kier alpha value is -3.54. The van der Waals surface area contributed by atoms with Gasteiger partial charge >= 0.3 is 11.9 Å². The van der Waals surface area contributed by atoms with Crippen molar-refractivity contribution >= 4 is 45.1 Å². The minimum atomic E-state index is -1.26. The van der Waals surface area contributed by atoms with Crippen LogP contribution in [0.3, 0.4) is 0 Å². The molecule has 2 aromatic heterocycles. The first-order valence-electron chi connectivity index (χ1n) is 13.1. The lowest BCUT2D eigenvalue weighted by atomic mass is 9.96. The predicted octanol–water partition coefficient (Wildman–Crippen LogP) is 4.71. The Bertz CT molecular complexity index is 1300. The van der Waals surface area contributed by atoms with Crippen LogP contribution >= 0.6 is 11.3 Å². The summed E-state index contributed by atoms with van der Waals surface area (Å²) in [6.45, 7) is 6.53. The van der Waals surface area contributed by atoms with Gasteiger partial charge in [-0.15, -0.1) is 11.3 Å². The molecule has 0 atom stereocenters. The number of anilines is 1. The van der Waals surface area contributed by atoms with Crippen LogP contribution in [0.5, 0.6) is 0 Å². The Morgan fingerprint density at radius 1 is 1.05 bits per heavy atom. The number of aliphatic carboxylic acids is 2. The summed E-state index contributed by atoms with van der Waals surface area (Å²) in [4.78, 5) is 36.3. The molecule has 2 aliphatic rings. The second kappa shape index (κ2) is 13.5. The third-order valence-electron chi connectivity index (χ3n) is 6.80. The number of hydrogen-bond acceptors (Lipinski definition) is 7. The number of amides is 1. The Kier molecular flexibility index (Phi) is 9.85.